The number of hydrogen-bond acceptors (Lipinski definition) is 4. The van der Waals surface area contributed by atoms with Gasteiger partial charge in [-0.25, -0.2) is 9.67 Å². The Kier molecular flexibility index (Phi) is 5.34. The van der Waals surface area contributed by atoms with Gasteiger partial charge in [0.25, 0.3) is 5.91 Å². The molecule has 3 heterocycles. The average molecular weight is 390 g/mol. The van der Waals surface area contributed by atoms with Crippen molar-refractivity contribution < 1.29 is 4.79 Å². The van der Waals surface area contributed by atoms with Crippen LogP contribution in [0.2, 0.25) is 0 Å². The molecule has 2 aromatic heterocycles. The van der Waals surface area contributed by atoms with Crippen LogP contribution in [0.3, 0.4) is 0 Å². The average Bonchev–Trinajstić information content (AvgIpc) is 3.38. The van der Waals surface area contributed by atoms with E-state index in [4.69, 9.17) is 5.10 Å². The zero-order valence-electron chi connectivity index (χ0n) is 17.3. The lowest BCUT2D eigenvalue weighted by Gasteiger charge is -2.23. The van der Waals surface area contributed by atoms with Crippen molar-refractivity contribution in [3.8, 4) is 5.69 Å². The molecule has 0 unspecified atom stereocenters. The lowest BCUT2D eigenvalue weighted by Crippen LogP contribution is -2.30. The van der Waals surface area contributed by atoms with Gasteiger partial charge in [0.1, 0.15) is 5.82 Å². The second kappa shape index (κ2) is 8.07. The number of amides is 1. The first-order chi connectivity index (χ1) is 14.1. The van der Waals surface area contributed by atoms with Crippen molar-refractivity contribution in [3.05, 3.63) is 71.2 Å². The summed E-state index contributed by atoms with van der Waals surface area (Å²) < 4.78 is 1.95. The summed E-state index contributed by atoms with van der Waals surface area (Å²) in [6.45, 7) is 6.49. The lowest BCUT2D eigenvalue weighted by atomic mass is 10.1. The molecule has 29 heavy (non-hydrogen) atoms. The van der Waals surface area contributed by atoms with E-state index in [2.05, 4.69) is 16.8 Å². The Morgan fingerprint density at radius 2 is 1.79 bits per heavy atom. The summed E-state index contributed by atoms with van der Waals surface area (Å²) in [7, 11) is 1.85. The van der Waals surface area contributed by atoms with Gasteiger partial charge < -0.3 is 9.80 Å². The third kappa shape index (κ3) is 3.75. The van der Waals surface area contributed by atoms with Crippen LogP contribution in [-0.2, 0) is 6.54 Å². The molecule has 0 saturated carbocycles. The summed E-state index contributed by atoms with van der Waals surface area (Å²) in [6.07, 6.45) is 4.07. The smallest absolute Gasteiger partial charge is 0.257 e. The van der Waals surface area contributed by atoms with Gasteiger partial charge in [-0.05, 0) is 51.0 Å². The highest BCUT2D eigenvalue weighted by atomic mass is 16.2. The largest absolute Gasteiger partial charge is 0.356 e. The van der Waals surface area contributed by atoms with Gasteiger partial charge in [0, 0.05) is 44.1 Å². The number of para-hydroxylation sites is 1. The monoisotopic (exact) mass is 389 g/mol. The van der Waals surface area contributed by atoms with Gasteiger partial charge >= 0.3 is 0 Å². The fraction of sp³-hybridized carbons (Fsp3) is 0.348. The highest BCUT2D eigenvalue weighted by Crippen LogP contribution is 2.24. The molecule has 0 bridgehead atoms. The van der Waals surface area contributed by atoms with Gasteiger partial charge in [-0.15, -0.1) is 0 Å². The third-order valence-corrected chi connectivity index (χ3v) is 5.61. The molecule has 0 radical (unpaired) electrons. The van der Waals surface area contributed by atoms with E-state index in [1.165, 1.54) is 0 Å². The highest BCUT2D eigenvalue weighted by Gasteiger charge is 2.24. The fourth-order valence-electron chi connectivity index (χ4n) is 3.98. The number of carbonyl (C=O) groups excluding carboxylic acids is 1. The van der Waals surface area contributed by atoms with E-state index in [0.717, 1.165) is 54.4 Å². The third-order valence-electron chi connectivity index (χ3n) is 5.61. The Bertz CT molecular complexity index is 1010. The van der Waals surface area contributed by atoms with Crippen LogP contribution in [0.5, 0.6) is 0 Å². The molecule has 0 aliphatic carbocycles. The molecule has 0 atom stereocenters. The number of carbonyl (C=O) groups is 1. The molecule has 3 aromatic rings. The van der Waals surface area contributed by atoms with E-state index in [9.17, 15) is 4.79 Å². The molecule has 0 N–H and O–H groups in total. The van der Waals surface area contributed by atoms with Crippen LogP contribution in [0.15, 0.2) is 48.7 Å². The van der Waals surface area contributed by atoms with Crippen LogP contribution in [0.1, 0.15) is 40.2 Å². The van der Waals surface area contributed by atoms with E-state index in [1.54, 1.807) is 11.1 Å². The van der Waals surface area contributed by atoms with E-state index < -0.39 is 0 Å². The predicted octanol–water partition coefficient (Wildman–Crippen LogP) is 3.76. The Hall–Kier alpha value is -3.15. The number of benzene rings is 1. The second-order valence-corrected chi connectivity index (χ2v) is 7.63. The number of hydrogen-bond donors (Lipinski definition) is 0. The molecular weight excluding hydrogens is 362 g/mol. The SMILES string of the molecule is Cc1nn(-c2ccccc2)c(C)c1CN(C)C(=O)c1cccnc1N1CCCC1. The topological polar surface area (TPSA) is 54.3 Å². The van der Waals surface area contributed by atoms with Crippen LogP contribution >= 0.6 is 0 Å². The minimum atomic E-state index is -0.00809. The predicted molar refractivity (Wildman–Crippen MR) is 115 cm³/mol. The summed E-state index contributed by atoms with van der Waals surface area (Å²) in [6, 6.07) is 13.8. The van der Waals surface area contributed by atoms with Crippen molar-refractivity contribution in [1.82, 2.24) is 19.7 Å². The van der Waals surface area contributed by atoms with Gasteiger partial charge in [-0.2, -0.15) is 5.10 Å². The standard InChI is InChI=1S/C23H27N5O/c1-17-21(18(2)28(25-17)19-10-5-4-6-11-19)16-26(3)23(29)20-12-9-13-24-22(20)27-14-7-8-15-27/h4-6,9-13H,7-8,14-16H2,1-3H3. The van der Waals surface area contributed by atoms with E-state index >= 15 is 0 Å². The van der Waals surface area contributed by atoms with Crippen LogP contribution in [-0.4, -0.2) is 45.7 Å². The molecule has 1 aliphatic rings. The Labute approximate surface area is 171 Å². The molecule has 4 rings (SSSR count). The summed E-state index contributed by atoms with van der Waals surface area (Å²) in [5, 5.41) is 4.70. The van der Waals surface area contributed by atoms with Crippen LogP contribution in [0.4, 0.5) is 5.82 Å². The first-order valence-electron chi connectivity index (χ1n) is 10.1. The molecular formula is C23H27N5O. The first-order valence-corrected chi connectivity index (χ1v) is 10.1. The first kappa shape index (κ1) is 19.2. The van der Waals surface area contributed by atoms with Crippen molar-refractivity contribution >= 4 is 11.7 Å². The maximum Gasteiger partial charge on any atom is 0.257 e. The quantitative estimate of drug-likeness (QED) is 0.667. The Morgan fingerprint density at radius 3 is 2.52 bits per heavy atom. The highest BCUT2D eigenvalue weighted by molar-refractivity contribution is 5.98. The molecule has 1 amide bonds. The lowest BCUT2D eigenvalue weighted by molar-refractivity contribution is 0.0785. The number of anilines is 1. The zero-order chi connectivity index (χ0) is 20.4. The van der Waals surface area contributed by atoms with Gasteiger partial charge in [0.2, 0.25) is 0 Å². The van der Waals surface area contributed by atoms with E-state index in [0.29, 0.717) is 12.1 Å². The molecule has 1 saturated heterocycles. The van der Waals surface area contributed by atoms with Crippen molar-refractivity contribution in [2.75, 3.05) is 25.0 Å². The minimum absolute atomic E-state index is 0.00809. The van der Waals surface area contributed by atoms with Gasteiger partial charge in [-0.3, -0.25) is 4.79 Å². The molecule has 0 spiro atoms. The van der Waals surface area contributed by atoms with Crippen molar-refractivity contribution in [2.45, 2.75) is 33.2 Å². The Morgan fingerprint density at radius 1 is 1.07 bits per heavy atom. The van der Waals surface area contributed by atoms with E-state index in [-0.39, 0.29) is 5.91 Å². The Balaban J connectivity index is 1.58. The fourth-order valence-corrected chi connectivity index (χ4v) is 3.98. The van der Waals surface area contributed by atoms with Gasteiger partial charge in [0.15, 0.2) is 0 Å². The summed E-state index contributed by atoms with van der Waals surface area (Å²) in [4.78, 5) is 21.8. The molecule has 1 aliphatic heterocycles. The number of aryl methyl sites for hydroxylation is 1. The summed E-state index contributed by atoms with van der Waals surface area (Å²) >= 11 is 0. The van der Waals surface area contributed by atoms with Crippen molar-refractivity contribution in [2.24, 2.45) is 0 Å². The van der Waals surface area contributed by atoms with Gasteiger partial charge in [-0.1, -0.05) is 18.2 Å². The van der Waals surface area contributed by atoms with Crippen molar-refractivity contribution in [3.63, 3.8) is 0 Å². The molecule has 1 aromatic carbocycles. The maximum absolute atomic E-state index is 13.3. The zero-order valence-corrected chi connectivity index (χ0v) is 17.3. The van der Waals surface area contributed by atoms with Crippen LogP contribution < -0.4 is 4.90 Å². The molecule has 6 nitrogen and oxygen atoms in total. The maximum atomic E-state index is 13.3. The molecule has 150 valence electrons. The normalized spacial score (nSPS) is 13.7. The summed E-state index contributed by atoms with van der Waals surface area (Å²) in [5.74, 6) is 0.793. The van der Waals surface area contributed by atoms with Gasteiger partial charge in [0.05, 0.1) is 16.9 Å². The van der Waals surface area contributed by atoms with Crippen LogP contribution in [0, 0.1) is 13.8 Å². The molecule has 1 fully saturated rings. The summed E-state index contributed by atoms with van der Waals surface area (Å²) in [5.41, 5.74) is 4.77. The number of nitrogens with zero attached hydrogens (tertiary/aromatic N) is 5. The van der Waals surface area contributed by atoms with Crippen LogP contribution in [0.25, 0.3) is 5.69 Å². The van der Waals surface area contributed by atoms with E-state index in [1.807, 2.05) is 61.1 Å². The number of aromatic nitrogens is 3. The number of pyridine rings is 1. The second-order valence-electron chi connectivity index (χ2n) is 7.63. The molecule has 6 heteroatoms. The minimum Gasteiger partial charge on any atom is -0.356 e. The van der Waals surface area contributed by atoms with Crippen molar-refractivity contribution in [1.29, 1.82) is 0 Å². The number of rotatable bonds is 5.